The molecule has 0 bridgehead atoms. The quantitative estimate of drug-likeness (QED) is 0.488. The van der Waals surface area contributed by atoms with Crippen molar-refractivity contribution in [3.05, 3.63) is 30.1 Å². The number of nitrogens with zero attached hydrogens (tertiary/aromatic N) is 1. The van der Waals surface area contributed by atoms with Gasteiger partial charge in [0.05, 0.1) is 5.56 Å². The largest absolute Gasteiger partial charge is 0.366 e. The number of primary amides is 1. The van der Waals surface area contributed by atoms with Crippen LogP contribution in [0.2, 0.25) is 0 Å². The van der Waals surface area contributed by atoms with Crippen molar-refractivity contribution >= 4 is 5.91 Å². The maximum absolute atomic E-state index is 10.4. The fourth-order valence-electron chi connectivity index (χ4n) is 1.25. The Labute approximate surface area is 114 Å². The molecule has 0 aromatic carbocycles. The SMILES string of the molecule is NC(=O)c1cccnc1.NCCCCNCCCN. The van der Waals surface area contributed by atoms with Gasteiger partial charge in [0.15, 0.2) is 0 Å². The summed E-state index contributed by atoms with van der Waals surface area (Å²) in [6.45, 7) is 3.71. The molecule has 0 aliphatic carbocycles. The zero-order valence-electron chi connectivity index (χ0n) is 11.3. The van der Waals surface area contributed by atoms with Gasteiger partial charge in [-0.05, 0) is 57.6 Å². The minimum atomic E-state index is -0.442. The summed E-state index contributed by atoms with van der Waals surface area (Å²) in [5.74, 6) is -0.442. The van der Waals surface area contributed by atoms with Crippen molar-refractivity contribution in [2.75, 3.05) is 26.2 Å². The molecule has 108 valence electrons. The third kappa shape index (κ3) is 11.3. The van der Waals surface area contributed by atoms with Gasteiger partial charge >= 0.3 is 0 Å². The maximum Gasteiger partial charge on any atom is 0.250 e. The highest BCUT2D eigenvalue weighted by Gasteiger charge is 1.94. The van der Waals surface area contributed by atoms with Crippen LogP contribution in [0.1, 0.15) is 29.6 Å². The van der Waals surface area contributed by atoms with Crippen molar-refractivity contribution in [3.63, 3.8) is 0 Å². The highest BCUT2D eigenvalue weighted by atomic mass is 16.1. The number of unbranched alkanes of at least 4 members (excludes halogenated alkanes) is 1. The van der Waals surface area contributed by atoms with Crippen LogP contribution in [0.4, 0.5) is 0 Å². The van der Waals surface area contributed by atoms with E-state index >= 15 is 0 Å². The minimum absolute atomic E-state index is 0.442. The van der Waals surface area contributed by atoms with E-state index in [1.54, 1.807) is 18.3 Å². The fraction of sp³-hybridized carbons (Fsp3) is 0.538. The van der Waals surface area contributed by atoms with Crippen LogP contribution in [0.15, 0.2) is 24.5 Å². The van der Waals surface area contributed by atoms with Gasteiger partial charge in [-0.15, -0.1) is 0 Å². The van der Waals surface area contributed by atoms with Gasteiger partial charge < -0.3 is 22.5 Å². The Hall–Kier alpha value is -1.50. The highest BCUT2D eigenvalue weighted by Crippen LogP contribution is 1.91. The summed E-state index contributed by atoms with van der Waals surface area (Å²) in [5.41, 5.74) is 16.0. The second-order valence-corrected chi connectivity index (χ2v) is 3.99. The van der Waals surface area contributed by atoms with Crippen LogP contribution in [0, 0.1) is 0 Å². The smallest absolute Gasteiger partial charge is 0.250 e. The van der Waals surface area contributed by atoms with Gasteiger partial charge in [-0.3, -0.25) is 9.78 Å². The Morgan fingerprint density at radius 3 is 2.32 bits per heavy atom. The Morgan fingerprint density at radius 2 is 1.84 bits per heavy atom. The standard InChI is InChI=1S/C7H19N3.C6H6N2O/c8-4-1-2-6-10-7-3-5-9;7-6(9)5-2-1-3-8-4-5/h10H,1-9H2;1-4H,(H2,7,9). The predicted molar refractivity (Wildman–Crippen MR) is 77.6 cm³/mol. The monoisotopic (exact) mass is 267 g/mol. The van der Waals surface area contributed by atoms with Crippen LogP contribution in [0.3, 0.4) is 0 Å². The molecule has 0 atom stereocenters. The van der Waals surface area contributed by atoms with Gasteiger partial charge in [0.1, 0.15) is 0 Å². The number of carbonyl (C=O) groups is 1. The van der Waals surface area contributed by atoms with Crippen LogP contribution in [-0.4, -0.2) is 37.1 Å². The van der Waals surface area contributed by atoms with E-state index in [0.717, 1.165) is 39.0 Å². The summed E-state index contributed by atoms with van der Waals surface area (Å²) < 4.78 is 0. The molecule has 6 nitrogen and oxygen atoms in total. The molecule has 1 amide bonds. The molecule has 0 saturated heterocycles. The summed E-state index contributed by atoms with van der Waals surface area (Å²) in [6.07, 6.45) is 6.40. The molecule has 0 aliphatic heterocycles. The number of carbonyl (C=O) groups excluding carboxylic acids is 1. The number of nitrogens with one attached hydrogen (secondary N) is 1. The van der Waals surface area contributed by atoms with Crippen LogP contribution in [0.25, 0.3) is 0 Å². The molecule has 7 N–H and O–H groups in total. The molecule has 1 aromatic rings. The fourth-order valence-corrected chi connectivity index (χ4v) is 1.25. The Kier molecular flexibility index (Phi) is 11.9. The van der Waals surface area contributed by atoms with E-state index in [1.165, 1.54) is 12.6 Å². The summed E-state index contributed by atoms with van der Waals surface area (Å²) in [4.78, 5) is 14.1. The maximum atomic E-state index is 10.4. The Morgan fingerprint density at radius 1 is 1.16 bits per heavy atom. The van der Waals surface area contributed by atoms with E-state index in [0.29, 0.717) is 5.56 Å². The normalized spacial score (nSPS) is 9.58. The van der Waals surface area contributed by atoms with Crippen LogP contribution in [0.5, 0.6) is 0 Å². The number of hydrogen-bond donors (Lipinski definition) is 4. The third-order valence-corrected chi connectivity index (χ3v) is 2.31. The number of aromatic nitrogens is 1. The van der Waals surface area contributed by atoms with E-state index in [1.807, 2.05) is 0 Å². The van der Waals surface area contributed by atoms with Crippen molar-refractivity contribution in [2.24, 2.45) is 17.2 Å². The van der Waals surface area contributed by atoms with Gasteiger partial charge in [0.2, 0.25) is 5.91 Å². The molecule has 0 saturated carbocycles. The molecule has 0 radical (unpaired) electrons. The summed E-state index contributed by atoms with van der Waals surface area (Å²) in [6, 6.07) is 3.29. The average Bonchev–Trinajstić information content (AvgIpc) is 2.44. The molecule has 0 fully saturated rings. The molecule has 0 aliphatic rings. The number of pyridine rings is 1. The van der Waals surface area contributed by atoms with E-state index in [-0.39, 0.29) is 0 Å². The zero-order chi connectivity index (χ0) is 14.3. The number of nitrogens with two attached hydrogens (primary N) is 3. The lowest BCUT2D eigenvalue weighted by molar-refractivity contribution is 0.1000. The molecule has 0 spiro atoms. The molecule has 1 rings (SSSR count). The van der Waals surface area contributed by atoms with Gasteiger partial charge in [0.25, 0.3) is 0 Å². The lowest BCUT2D eigenvalue weighted by atomic mass is 10.3. The van der Waals surface area contributed by atoms with Crippen molar-refractivity contribution < 1.29 is 4.79 Å². The zero-order valence-corrected chi connectivity index (χ0v) is 11.3. The van der Waals surface area contributed by atoms with Crippen LogP contribution < -0.4 is 22.5 Å². The van der Waals surface area contributed by atoms with Gasteiger partial charge in [-0.2, -0.15) is 0 Å². The van der Waals surface area contributed by atoms with Gasteiger partial charge in [-0.25, -0.2) is 0 Å². The first-order chi connectivity index (χ1) is 9.22. The van der Waals surface area contributed by atoms with E-state index < -0.39 is 5.91 Å². The molecular weight excluding hydrogens is 242 g/mol. The van der Waals surface area contributed by atoms with Crippen molar-refractivity contribution in [1.29, 1.82) is 0 Å². The predicted octanol–water partition coefficient (Wildman–Crippen LogP) is -0.156. The van der Waals surface area contributed by atoms with E-state index in [4.69, 9.17) is 17.2 Å². The van der Waals surface area contributed by atoms with Crippen molar-refractivity contribution in [3.8, 4) is 0 Å². The summed E-state index contributed by atoms with van der Waals surface area (Å²) in [5, 5.41) is 3.29. The first kappa shape index (κ1) is 17.5. The molecular formula is C13H25N5O. The lowest BCUT2D eigenvalue weighted by Gasteiger charge is -2.01. The van der Waals surface area contributed by atoms with Crippen LogP contribution in [-0.2, 0) is 0 Å². The molecule has 19 heavy (non-hydrogen) atoms. The van der Waals surface area contributed by atoms with Crippen molar-refractivity contribution in [2.45, 2.75) is 19.3 Å². The topological polar surface area (TPSA) is 120 Å². The Balaban J connectivity index is 0.000000342. The molecule has 6 heteroatoms. The first-order valence-corrected chi connectivity index (χ1v) is 6.53. The molecule has 1 heterocycles. The third-order valence-electron chi connectivity index (χ3n) is 2.31. The van der Waals surface area contributed by atoms with E-state index in [2.05, 4.69) is 10.3 Å². The first-order valence-electron chi connectivity index (χ1n) is 6.53. The molecule has 1 aromatic heterocycles. The van der Waals surface area contributed by atoms with Crippen molar-refractivity contribution in [1.82, 2.24) is 10.3 Å². The van der Waals surface area contributed by atoms with Gasteiger partial charge in [0, 0.05) is 12.4 Å². The number of hydrogen-bond acceptors (Lipinski definition) is 5. The Bertz CT molecular complexity index is 310. The second kappa shape index (κ2) is 12.9. The molecule has 0 unspecified atom stereocenters. The lowest BCUT2D eigenvalue weighted by Crippen LogP contribution is -2.19. The summed E-state index contributed by atoms with van der Waals surface area (Å²) in [7, 11) is 0. The highest BCUT2D eigenvalue weighted by molar-refractivity contribution is 5.92. The van der Waals surface area contributed by atoms with Gasteiger partial charge in [-0.1, -0.05) is 0 Å². The second-order valence-electron chi connectivity index (χ2n) is 3.99. The van der Waals surface area contributed by atoms with E-state index in [9.17, 15) is 4.79 Å². The summed E-state index contributed by atoms with van der Waals surface area (Å²) >= 11 is 0. The minimum Gasteiger partial charge on any atom is -0.366 e. The number of rotatable bonds is 8. The average molecular weight is 267 g/mol. The number of amides is 1. The van der Waals surface area contributed by atoms with Crippen LogP contribution >= 0.6 is 0 Å².